The summed E-state index contributed by atoms with van der Waals surface area (Å²) >= 11 is 0. The van der Waals surface area contributed by atoms with E-state index >= 15 is 0 Å². The Balaban J connectivity index is 2.06. The Labute approximate surface area is 137 Å². The lowest BCUT2D eigenvalue weighted by Crippen LogP contribution is -2.55. The Kier molecular flexibility index (Phi) is 3.95. The molecular formula is C18H13FN2O3. The van der Waals surface area contributed by atoms with Gasteiger partial charge in [-0.15, -0.1) is 0 Å². The molecule has 0 saturated carbocycles. The van der Waals surface area contributed by atoms with Crippen LogP contribution in [0, 0.1) is 5.82 Å². The van der Waals surface area contributed by atoms with Crippen LogP contribution in [-0.4, -0.2) is 29.8 Å². The Morgan fingerprint density at radius 2 is 1.50 bits per heavy atom. The number of carbonyl (C=O) groups excluding carboxylic acids is 3. The number of rotatable bonds is 2. The number of hydrogen-bond acceptors (Lipinski definition) is 3. The maximum Gasteiger partial charge on any atom is 0.338 e. The summed E-state index contributed by atoms with van der Waals surface area (Å²) in [6.07, 6.45) is 1.35. The molecule has 0 radical (unpaired) electrons. The van der Waals surface area contributed by atoms with Crippen molar-refractivity contribution in [3.05, 3.63) is 71.6 Å². The van der Waals surface area contributed by atoms with Crippen LogP contribution in [0.3, 0.4) is 0 Å². The number of barbiturate groups is 1. The topological polar surface area (TPSA) is 57.7 Å². The summed E-state index contributed by atoms with van der Waals surface area (Å²) in [4.78, 5) is 39.1. The lowest BCUT2D eigenvalue weighted by molar-refractivity contribution is -0.128. The molecule has 24 heavy (non-hydrogen) atoms. The minimum Gasteiger partial charge on any atom is -0.268 e. The molecule has 0 N–H and O–H groups in total. The summed E-state index contributed by atoms with van der Waals surface area (Å²) in [7, 11) is 1.31. The van der Waals surface area contributed by atoms with Gasteiger partial charge in [0.05, 0.1) is 5.69 Å². The van der Waals surface area contributed by atoms with Crippen molar-refractivity contribution in [3.8, 4) is 0 Å². The van der Waals surface area contributed by atoms with Gasteiger partial charge in [-0.25, -0.2) is 14.1 Å². The minimum atomic E-state index is -0.715. The molecule has 4 amide bonds. The maximum absolute atomic E-state index is 13.0. The number of benzene rings is 2. The molecule has 2 aromatic rings. The molecule has 120 valence electrons. The molecule has 1 aliphatic rings. The predicted octanol–water partition coefficient (Wildman–Crippen LogP) is 2.83. The van der Waals surface area contributed by atoms with E-state index in [0.29, 0.717) is 11.3 Å². The number of likely N-dealkylation sites (N-methyl/N-ethyl adjacent to an activating group) is 1. The van der Waals surface area contributed by atoms with Crippen LogP contribution in [0.2, 0.25) is 0 Å². The second-order valence-corrected chi connectivity index (χ2v) is 5.23. The van der Waals surface area contributed by atoms with Crippen LogP contribution < -0.4 is 4.90 Å². The van der Waals surface area contributed by atoms with Gasteiger partial charge >= 0.3 is 6.03 Å². The van der Waals surface area contributed by atoms with Gasteiger partial charge in [0, 0.05) is 7.05 Å². The van der Waals surface area contributed by atoms with Crippen LogP contribution in [0.1, 0.15) is 5.56 Å². The van der Waals surface area contributed by atoms with Crippen LogP contribution in [0.5, 0.6) is 0 Å². The van der Waals surface area contributed by atoms with E-state index in [1.54, 1.807) is 30.3 Å². The summed E-state index contributed by atoms with van der Waals surface area (Å²) in [5.41, 5.74) is 0.702. The lowest BCUT2D eigenvalue weighted by atomic mass is 10.1. The van der Waals surface area contributed by atoms with Gasteiger partial charge in [-0.05, 0) is 35.9 Å². The van der Waals surface area contributed by atoms with E-state index in [2.05, 4.69) is 0 Å². The number of para-hydroxylation sites is 1. The van der Waals surface area contributed by atoms with E-state index in [1.807, 2.05) is 0 Å². The van der Waals surface area contributed by atoms with Gasteiger partial charge in [0.2, 0.25) is 0 Å². The second kappa shape index (κ2) is 6.08. The molecule has 1 heterocycles. The SMILES string of the molecule is CN1C(=O)/C(=C\c2ccc(F)cc2)C(=O)N(c2ccccc2)C1=O. The highest BCUT2D eigenvalue weighted by Crippen LogP contribution is 2.24. The number of halogens is 1. The molecule has 0 unspecified atom stereocenters. The monoisotopic (exact) mass is 324 g/mol. The van der Waals surface area contributed by atoms with Crippen molar-refractivity contribution >= 4 is 29.6 Å². The third kappa shape index (κ3) is 2.69. The normalized spacial score (nSPS) is 16.9. The van der Waals surface area contributed by atoms with Gasteiger partial charge in [-0.1, -0.05) is 30.3 Å². The molecular weight excluding hydrogens is 311 g/mol. The quantitative estimate of drug-likeness (QED) is 0.630. The molecule has 1 aliphatic heterocycles. The van der Waals surface area contributed by atoms with E-state index in [1.165, 1.54) is 37.4 Å². The average Bonchev–Trinajstić information content (AvgIpc) is 2.60. The van der Waals surface area contributed by atoms with Crippen molar-refractivity contribution in [1.29, 1.82) is 0 Å². The first-order valence-corrected chi connectivity index (χ1v) is 7.18. The third-order valence-electron chi connectivity index (χ3n) is 3.64. The summed E-state index contributed by atoms with van der Waals surface area (Å²) in [5, 5.41) is 0. The number of anilines is 1. The van der Waals surface area contributed by atoms with Gasteiger partial charge in [-0.3, -0.25) is 14.5 Å². The molecule has 0 aliphatic carbocycles. The van der Waals surface area contributed by atoms with Gasteiger partial charge in [0.15, 0.2) is 0 Å². The smallest absolute Gasteiger partial charge is 0.268 e. The van der Waals surface area contributed by atoms with Crippen molar-refractivity contribution in [2.75, 3.05) is 11.9 Å². The van der Waals surface area contributed by atoms with Crippen LogP contribution in [0.4, 0.5) is 14.9 Å². The Morgan fingerprint density at radius 3 is 2.12 bits per heavy atom. The molecule has 5 nitrogen and oxygen atoms in total. The molecule has 0 spiro atoms. The van der Waals surface area contributed by atoms with Gasteiger partial charge in [0.1, 0.15) is 11.4 Å². The van der Waals surface area contributed by atoms with Crippen molar-refractivity contribution in [2.45, 2.75) is 0 Å². The van der Waals surface area contributed by atoms with Crippen molar-refractivity contribution in [2.24, 2.45) is 0 Å². The first kappa shape index (κ1) is 15.6. The van der Waals surface area contributed by atoms with Gasteiger partial charge in [0.25, 0.3) is 11.8 Å². The van der Waals surface area contributed by atoms with Gasteiger partial charge < -0.3 is 0 Å². The Bertz CT molecular complexity index is 844. The molecule has 0 aromatic heterocycles. The van der Waals surface area contributed by atoms with Gasteiger partial charge in [-0.2, -0.15) is 0 Å². The van der Waals surface area contributed by atoms with E-state index in [9.17, 15) is 18.8 Å². The number of carbonyl (C=O) groups is 3. The highest BCUT2D eigenvalue weighted by molar-refractivity contribution is 6.38. The molecule has 2 aromatic carbocycles. The highest BCUT2D eigenvalue weighted by atomic mass is 19.1. The van der Waals surface area contributed by atoms with Crippen molar-refractivity contribution in [1.82, 2.24) is 4.90 Å². The average molecular weight is 324 g/mol. The Morgan fingerprint density at radius 1 is 0.875 bits per heavy atom. The molecule has 0 bridgehead atoms. The first-order chi connectivity index (χ1) is 11.5. The first-order valence-electron chi connectivity index (χ1n) is 7.18. The molecule has 1 fully saturated rings. The van der Waals surface area contributed by atoms with Crippen molar-refractivity contribution < 1.29 is 18.8 Å². The lowest BCUT2D eigenvalue weighted by Gasteiger charge is -2.31. The molecule has 3 rings (SSSR count). The van der Waals surface area contributed by atoms with Crippen LogP contribution in [-0.2, 0) is 9.59 Å². The zero-order valence-corrected chi connectivity index (χ0v) is 12.8. The Hall–Kier alpha value is -3.28. The zero-order chi connectivity index (χ0) is 17.3. The van der Waals surface area contributed by atoms with E-state index in [-0.39, 0.29) is 5.57 Å². The van der Waals surface area contributed by atoms with Crippen LogP contribution >= 0.6 is 0 Å². The van der Waals surface area contributed by atoms with E-state index < -0.39 is 23.7 Å². The summed E-state index contributed by atoms with van der Waals surface area (Å²) in [6.45, 7) is 0. The van der Waals surface area contributed by atoms with E-state index in [0.717, 1.165) is 9.80 Å². The fourth-order valence-electron chi connectivity index (χ4n) is 2.37. The maximum atomic E-state index is 13.0. The highest BCUT2D eigenvalue weighted by Gasteiger charge is 2.40. The number of hydrogen-bond donors (Lipinski definition) is 0. The van der Waals surface area contributed by atoms with E-state index in [4.69, 9.17) is 0 Å². The third-order valence-corrected chi connectivity index (χ3v) is 3.64. The summed E-state index contributed by atoms with van der Waals surface area (Å²) < 4.78 is 13.0. The fourth-order valence-corrected chi connectivity index (χ4v) is 2.37. The number of imide groups is 2. The number of urea groups is 1. The largest absolute Gasteiger partial charge is 0.338 e. The molecule has 0 atom stereocenters. The van der Waals surface area contributed by atoms with Crippen molar-refractivity contribution in [3.63, 3.8) is 0 Å². The standard InChI is InChI=1S/C18H13FN2O3/c1-20-16(22)15(11-12-7-9-13(19)10-8-12)17(23)21(18(20)24)14-5-3-2-4-6-14/h2-11H,1H3/b15-11+. The summed E-state index contributed by atoms with van der Waals surface area (Å²) in [5.74, 6) is -1.82. The predicted molar refractivity (Wildman–Crippen MR) is 86.5 cm³/mol. The zero-order valence-electron chi connectivity index (χ0n) is 12.8. The molecule has 6 heteroatoms. The molecule has 1 saturated heterocycles. The second-order valence-electron chi connectivity index (χ2n) is 5.23. The number of nitrogens with zero attached hydrogens (tertiary/aromatic N) is 2. The summed E-state index contributed by atoms with van der Waals surface area (Å²) in [6, 6.07) is 13.0. The number of amides is 4. The fraction of sp³-hybridized carbons (Fsp3) is 0.0556. The van der Waals surface area contributed by atoms with Crippen LogP contribution in [0.15, 0.2) is 60.2 Å². The van der Waals surface area contributed by atoms with Crippen LogP contribution in [0.25, 0.3) is 6.08 Å². The minimum absolute atomic E-state index is 0.160.